The molecule has 1 atom stereocenters. The first-order chi connectivity index (χ1) is 10.8. The van der Waals surface area contributed by atoms with Gasteiger partial charge in [-0.2, -0.15) is 0 Å². The van der Waals surface area contributed by atoms with E-state index in [9.17, 15) is 13.2 Å². The van der Waals surface area contributed by atoms with Gasteiger partial charge in [0.05, 0.1) is 22.4 Å². The number of sulfone groups is 1. The van der Waals surface area contributed by atoms with Crippen molar-refractivity contribution in [2.24, 2.45) is 0 Å². The Kier molecular flexibility index (Phi) is 6.48. The second-order valence-electron chi connectivity index (χ2n) is 5.75. The molecule has 0 bridgehead atoms. The number of hydrogen-bond donors (Lipinski definition) is 0. The molecule has 1 unspecified atom stereocenters. The predicted molar refractivity (Wildman–Crippen MR) is 94.7 cm³/mol. The quantitative estimate of drug-likeness (QED) is 0.730. The zero-order chi connectivity index (χ0) is 17.0. The number of hydrogen-bond acceptors (Lipinski definition) is 5. The highest BCUT2D eigenvalue weighted by Gasteiger charge is 2.34. The molecule has 0 aromatic carbocycles. The van der Waals surface area contributed by atoms with E-state index in [1.807, 2.05) is 26.0 Å². The summed E-state index contributed by atoms with van der Waals surface area (Å²) >= 11 is 7.46. The lowest BCUT2D eigenvalue weighted by atomic mass is 10.2. The molecule has 130 valence electrons. The first kappa shape index (κ1) is 18.7. The van der Waals surface area contributed by atoms with Crippen LogP contribution in [0, 0.1) is 0 Å². The molecule has 0 N–H and O–H groups in total. The lowest BCUT2D eigenvalue weighted by Crippen LogP contribution is -2.46. The van der Waals surface area contributed by atoms with E-state index < -0.39 is 9.84 Å². The Morgan fingerprint density at radius 1 is 1.35 bits per heavy atom. The van der Waals surface area contributed by atoms with Gasteiger partial charge in [0.25, 0.3) is 0 Å². The lowest BCUT2D eigenvalue weighted by Gasteiger charge is -2.29. The van der Waals surface area contributed by atoms with Crippen LogP contribution in [-0.4, -0.2) is 61.3 Å². The van der Waals surface area contributed by atoms with Crippen molar-refractivity contribution in [3.8, 4) is 0 Å². The van der Waals surface area contributed by atoms with Crippen molar-refractivity contribution in [3.05, 3.63) is 21.3 Å². The van der Waals surface area contributed by atoms with Gasteiger partial charge in [-0.05, 0) is 32.0 Å². The molecule has 5 nitrogen and oxygen atoms in total. The predicted octanol–water partition coefficient (Wildman–Crippen LogP) is 2.26. The summed E-state index contributed by atoms with van der Waals surface area (Å²) in [5.74, 6) is 0.283. The number of likely N-dealkylation sites (N-methyl/N-ethyl adjacent to an activating group) is 2. The smallest absolute Gasteiger partial charge is 0.237 e. The van der Waals surface area contributed by atoms with Gasteiger partial charge in [-0.15, -0.1) is 11.3 Å². The molecule has 1 fully saturated rings. The van der Waals surface area contributed by atoms with Gasteiger partial charge >= 0.3 is 0 Å². The van der Waals surface area contributed by atoms with E-state index in [-0.39, 0.29) is 23.5 Å². The van der Waals surface area contributed by atoms with Crippen molar-refractivity contribution in [2.45, 2.75) is 32.9 Å². The van der Waals surface area contributed by atoms with Crippen LogP contribution in [0.4, 0.5) is 0 Å². The molecule has 23 heavy (non-hydrogen) atoms. The van der Waals surface area contributed by atoms with Crippen LogP contribution in [0.25, 0.3) is 0 Å². The van der Waals surface area contributed by atoms with Gasteiger partial charge in [-0.25, -0.2) is 8.42 Å². The zero-order valence-electron chi connectivity index (χ0n) is 13.5. The molecule has 0 aliphatic carbocycles. The minimum atomic E-state index is -2.98. The average molecular weight is 379 g/mol. The number of carbonyl (C=O) groups is 1. The van der Waals surface area contributed by atoms with Gasteiger partial charge in [0.2, 0.25) is 5.91 Å². The van der Waals surface area contributed by atoms with Crippen LogP contribution in [0.3, 0.4) is 0 Å². The number of halogens is 1. The van der Waals surface area contributed by atoms with Gasteiger partial charge in [-0.1, -0.05) is 18.5 Å². The molecule has 0 radical (unpaired) electrons. The van der Waals surface area contributed by atoms with E-state index in [2.05, 4.69) is 4.90 Å². The minimum absolute atomic E-state index is 0.000830. The van der Waals surface area contributed by atoms with E-state index in [4.69, 9.17) is 11.6 Å². The second-order valence-corrected chi connectivity index (χ2v) is 9.77. The van der Waals surface area contributed by atoms with Crippen LogP contribution >= 0.6 is 22.9 Å². The minimum Gasteiger partial charge on any atom is -0.338 e. The average Bonchev–Trinajstić information content (AvgIpc) is 3.04. The Hall–Kier alpha value is -0.630. The van der Waals surface area contributed by atoms with Crippen LogP contribution in [0.2, 0.25) is 4.34 Å². The van der Waals surface area contributed by atoms with Crippen LogP contribution < -0.4 is 0 Å². The summed E-state index contributed by atoms with van der Waals surface area (Å²) in [6, 6.07) is 3.66. The number of amides is 1. The third kappa shape index (κ3) is 5.17. The van der Waals surface area contributed by atoms with Crippen molar-refractivity contribution in [1.29, 1.82) is 0 Å². The number of rotatable bonds is 7. The zero-order valence-corrected chi connectivity index (χ0v) is 15.9. The fourth-order valence-electron chi connectivity index (χ4n) is 2.88. The Labute approximate surface area is 147 Å². The molecule has 1 aliphatic rings. The third-order valence-corrected chi connectivity index (χ3v) is 7.09. The highest BCUT2D eigenvalue weighted by Crippen LogP contribution is 2.23. The Balaban J connectivity index is 1.97. The van der Waals surface area contributed by atoms with Crippen molar-refractivity contribution in [2.75, 3.05) is 31.1 Å². The number of carbonyl (C=O) groups excluding carboxylic acids is 1. The van der Waals surface area contributed by atoms with Gasteiger partial charge in [0.1, 0.15) is 0 Å². The molecule has 8 heteroatoms. The second kappa shape index (κ2) is 7.96. The maximum atomic E-state index is 12.6. The summed E-state index contributed by atoms with van der Waals surface area (Å²) in [6.45, 7) is 6.19. The van der Waals surface area contributed by atoms with E-state index in [1.54, 1.807) is 4.90 Å². The molecule has 1 aliphatic heterocycles. The first-order valence-corrected chi connectivity index (χ1v) is 10.8. The number of nitrogens with zero attached hydrogens (tertiary/aromatic N) is 2. The number of thiophene rings is 1. The Morgan fingerprint density at radius 2 is 2.09 bits per heavy atom. The Bertz CT molecular complexity index is 645. The molecule has 0 saturated carbocycles. The summed E-state index contributed by atoms with van der Waals surface area (Å²) in [5, 5.41) is 0. The largest absolute Gasteiger partial charge is 0.338 e. The normalized spacial score (nSPS) is 20.1. The van der Waals surface area contributed by atoms with Crippen molar-refractivity contribution in [1.82, 2.24) is 9.80 Å². The van der Waals surface area contributed by atoms with E-state index >= 15 is 0 Å². The highest BCUT2D eigenvalue weighted by atomic mass is 35.5. The molecule has 1 aromatic rings. The SMILES string of the molecule is CCN(CC(=O)N(CC)C1CCS(=O)(=O)C1)Cc1ccc(Cl)s1. The Morgan fingerprint density at radius 3 is 2.57 bits per heavy atom. The maximum Gasteiger partial charge on any atom is 0.237 e. The molecule has 1 aromatic heterocycles. The fourth-order valence-corrected chi connectivity index (χ4v) is 5.74. The molecule has 2 heterocycles. The van der Waals surface area contributed by atoms with Gasteiger partial charge < -0.3 is 4.90 Å². The molecule has 1 amide bonds. The van der Waals surface area contributed by atoms with Crippen LogP contribution in [-0.2, 0) is 21.2 Å². The third-order valence-electron chi connectivity index (χ3n) is 4.12. The van der Waals surface area contributed by atoms with E-state index in [0.29, 0.717) is 26.1 Å². The summed E-state index contributed by atoms with van der Waals surface area (Å²) in [7, 11) is -2.98. The molecule has 1 saturated heterocycles. The summed E-state index contributed by atoms with van der Waals surface area (Å²) in [4.78, 5) is 17.5. The lowest BCUT2D eigenvalue weighted by molar-refractivity contribution is -0.134. The van der Waals surface area contributed by atoms with Gasteiger partial charge in [0, 0.05) is 24.0 Å². The molecule has 2 rings (SSSR count). The summed E-state index contributed by atoms with van der Waals surface area (Å²) < 4.78 is 24.0. The molecule has 0 spiro atoms. The topological polar surface area (TPSA) is 57.7 Å². The van der Waals surface area contributed by atoms with Gasteiger partial charge in [-0.3, -0.25) is 9.69 Å². The van der Waals surface area contributed by atoms with Crippen LogP contribution in [0.1, 0.15) is 25.1 Å². The molecular formula is C15H23ClN2O3S2. The summed E-state index contributed by atoms with van der Waals surface area (Å²) in [6.07, 6.45) is 0.550. The first-order valence-electron chi connectivity index (χ1n) is 7.81. The van der Waals surface area contributed by atoms with E-state index in [1.165, 1.54) is 11.3 Å². The highest BCUT2D eigenvalue weighted by molar-refractivity contribution is 7.91. The standard InChI is InChI=1S/C15H23ClN2O3S2/c1-3-17(9-13-5-6-14(16)22-13)10-15(19)18(4-2)12-7-8-23(20,21)11-12/h5-6,12H,3-4,7-11H2,1-2H3. The van der Waals surface area contributed by atoms with Crippen molar-refractivity contribution >= 4 is 38.7 Å². The van der Waals surface area contributed by atoms with Crippen molar-refractivity contribution in [3.63, 3.8) is 0 Å². The van der Waals surface area contributed by atoms with Gasteiger partial charge in [0.15, 0.2) is 9.84 Å². The fraction of sp³-hybridized carbons (Fsp3) is 0.667. The monoisotopic (exact) mass is 378 g/mol. The summed E-state index contributed by atoms with van der Waals surface area (Å²) in [5.41, 5.74) is 0. The van der Waals surface area contributed by atoms with Crippen LogP contribution in [0.15, 0.2) is 12.1 Å². The van der Waals surface area contributed by atoms with Crippen LogP contribution in [0.5, 0.6) is 0 Å². The van der Waals surface area contributed by atoms with Crippen molar-refractivity contribution < 1.29 is 13.2 Å². The van der Waals surface area contributed by atoms with E-state index in [0.717, 1.165) is 15.8 Å². The maximum absolute atomic E-state index is 12.6. The molecular weight excluding hydrogens is 356 g/mol.